The molecule has 7 nitrogen and oxygen atoms in total. The van der Waals surface area contributed by atoms with Crippen molar-refractivity contribution in [2.24, 2.45) is 0 Å². The standard InChI is InChI=1S/C20H27N3O4S2/c1-5-23(6-2)29(26,27)18-12-13-20(22(3)4)19(16-18)21-28(24,25)15-14-17-10-8-7-9-11-17/h7-16,21H,5-6H2,1-4H3/b15-14+. The topological polar surface area (TPSA) is 86.8 Å². The highest BCUT2D eigenvalue weighted by Gasteiger charge is 2.23. The molecule has 0 fully saturated rings. The Morgan fingerprint density at radius 2 is 1.55 bits per heavy atom. The fourth-order valence-electron chi connectivity index (χ4n) is 2.78. The van der Waals surface area contributed by atoms with Gasteiger partial charge in [-0.2, -0.15) is 4.31 Å². The van der Waals surface area contributed by atoms with Gasteiger partial charge in [0.1, 0.15) is 0 Å². The van der Waals surface area contributed by atoms with Crippen molar-refractivity contribution >= 4 is 37.5 Å². The zero-order chi connectivity index (χ0) is 21.7. The van der Waals surface area contributed by atoms with Crippen LogP contribution in [0.5, 0.6) is 0 Å². The summed E-state index contributed by atoms with van der Waals surface area (Å²) in [6, 6.07) is 13.5. The molecule has 0 unspecified atom stereocenters. The summed E-state index contributed by atoms with van der Waals surface area (Å²) >= 11 is 0. The Balaban J connectivity index is 2.43. The van der Waals surface area contributed by atoms with Crippen LogP contribution in [0.1, 0.15) is 19.4 Å². The fraction of sp³-hybridized carbons (Fsp3) is 0.300. The van der Waals surface area contributed by atoms with Crippen LogP contribution in [0.25, 0.3) is 6.08 Å². The van der Waals surface area contributed by atoms with Gasteiger partial charge in [-0.05, 0) is 29.8 Å². The molecule has 0 aromatic heterocycles. The van der Waals surface area contributed by atoms with E-state index in [0.717, 1.165) is 11.0 Å². The third-order valence-corrected chi connectivity index (χ3v) is 7.33. The summed E-state index contributed by atoms with van der Waals surface area (Å²) in [6.07, 6.45) is 1.48. The number of hydrogen-bond acceptors (Lipinski definition) is 5. The monoisotopic (exact) mass is 437 g/mol. The summed E-state index contributed by atoms with van der Waals surface area (Å²) in [5, 5.41) is 1.06. The lowest BCUT2D eigenvalue weighted by Gasteiger charge is -2.22. The molecule has 2 aromatic rings. The highest BCUT2D eigenvalue weighted by atomic mass is 32.2. The van der Waals surface area contributed by atoms with Crippen LogP contribution in [0, 0.1) is 0 Å². The van der Waals surface area contributed by atoms with Gasteiger partial charge in [0.15, 0.2) is 0 Å². The first kappa shape index (κ1) is 22.9. The highest BCUT2D eigenvalue weighted by Crippen LogP contribution is 2.30. The van der Waals surface area contributed by atoms with Gasteiger partial charge in [0.25, 0.3) is 10.0 Å². The van der Waals surface area contributed by atoms with E-state index in [1.54, 1.807) is 51.0 Å². The summed E-state index contributed by atoms with van der Waals surface area (Å²) in [6.45, 7) is 4.17. The van der Waals surface area contributed by atoms with Crippen molar-refractivity contribution in [1.29, 1.82) is 0 Å². The third-order valence-electron chi connectivity index (χ3n) is 4.28. The van der Waals surface area contributed by atoms with Crippen LogP contribution >= 0.6 is 0 Å². The number of hydrogen-bond donors (Lipinski definition) is 1. The van der Waals surface area contributed by atoms with Crippen molar-refractivity contribution < 1.29 is 16.8 Å². The average molecular weight is 438 g/mol. The van der Waals surface area contributed by atoms with Crippen molar-refractivity contribution in [1.82, 2.24) is 4.31 Å². The molecule has 0 saturated heterocycles. The molecule has 0 bridgehead atoms. The van der Waals surface area contributed by atoms with Gasteiger partial charge in [0.05, 0.1) is 21.7 Å². The summed E-state index contributed by atoms with van der Waals surface area (Å²) in [5.74, 6) is 0. The molecule has 0 aliphatic heterocycles. The molecule has 29 heavy (non-hydrogen) atoms. The molecule has 0 spiro atoms. The van der Waals surface area contributed by atoms with Gasteiger partial charge in [-0.3, -0.25) is 4.72 Å². The average Bonchev–Trinajstić information content (AvgIpc) is 2.67. The predicted octanol–water partition coefficient (Wildman–Crippen LogP) is 3.20. The molecule has 0 amide bonds. The van der Waals surface area contributed by atoms with E-state index in [2.05, 4.69) is 4.72 Å². The maximum atomic E-state index is 12.8. The normalized spacial score (nSPS) is 12.4. The SMILES string of the molecule is CCN(CC)S(=O)(=O)c1ccc(N(C)C)c(NS(=O)(=O)/C=C/c2ccccc2)c1. The second kappa shape index (κ2) is 9.43. The van der Waals surface area contributed by atoms with Crippen LogP contribution in [0.4, 0.5) is 11.4 Å². The molecule has 0 atom stereocenters. The van der Waals surface area contributed by atoms with Gasteiger partial charge in [0, 0.05) is 27.2 Å². The first-order chi connectivity index (χ1) is 13.6. The Hall–Kier alpha value is -2.36. The van der Waals surface area contributed by atoms with Gasteiger partial charge < -0.3 is 4.90 Å². The molecule has 0 heterocycles. The first-order valence-electron chi connectivity index (χ1n) is 9.18. The van der Waals surface area contributed by atoms with E-state index in [9.17, 15) is 16.8 Å². The summed E-state index contributed by atoms with van der Waals surface area (Å²) < 4.78 is 54.6. The van der Waals surface area contributed by atoms with E-state index in [-0.39, 0.29) is 10.6 Å². The molecule has 0 aliphatic rings. The van der Waals surface area contributed by atoms with Crippen LogP contribution in [0.15, 0.2) is 58.8 Å². The second-order valence-corrected chi connectivity index (χ2v) is 10.0. The molecule has 1 N–H and O–H groups in total. The van der Waals surface area contributed by atoms with Gasteiger partial charge in [-0.15, -0.1) is 0 Å². The van der Waals surface area contributed by atoms with Gasteiger partial charge in [0.2, 0.25) is 10.0 Å². The van der Waals surface area contributed by atoms with Crippen molar-refractivity contribution in [2.45, 2.75) is 18.7 Å². The lowest BCUT2D eigenvalue weighted by Crippen LogP contribution is -2.30. The van der Waals surface area contributed by atoms with Crippen molar-refractivity contribution in [3.63, 3.8) is 0 Å². The number of benzene rings is 2. The molecule has 158 valence electrons. The number of nitrogens with one attached hydrogen (secondary N) is 1. The van der Waals surface area contributed by atoms with Gasteiger partial charge in [-0.1, -0.05) is 44.2 Å². The second-order valence-electron chi connectivity index (χ2n) is 6.52. The number of sulfonamides is 2. The summed E-state index contributed by atoms with van der Waals surface area (Å²) in [5.41, 5.74) is 1.49. The lowest BCUT2D eigenvalue weighted by atomic mass is 10.2. The van der Waals surface area contributed by atoms with Crippen molar-refractivity contribution in [3.05, 3.63) is 59.5 Å². The van der Waals surface area contributed by atoms with E-state index in [1.165, 1.54) is 22.5 Å². The zero-order valence-electron chi connectivity index (χ0n) is 17.0. The quantitative estimate of drug-likeness (QED) is 0.651. The Bertz CT molecular complexity index is 1060. The Morgan fingerprint density at radius 3 is 2.10 bits per heavy atom. The Labute approximate surface area is 173 Å². The third kappa shape index (κ3) is 5.81. The highest BCUT2D eigenvalue weighted by molar-refractivity contribution is 7.95. The van der Waals surface area contributed by atoms with Crippen LogP contribution in [0.3, 0.4) is 0 Å². The number of rotatable bonds is 9. The molecule has 2 aromatic carbocycles. The zero-order valence-corrected chi connectivity index (χ0v) is 18.7. The first-order valence-corrected chi connectivity index (χ1v) is 12.2. The minimum atomic E-state index is -3.85. The molecule has 9 heteroatoms. The van der Waals surface area contributed by atoms with E-state index >= 15 is 0 Å². The van der Waals surface area contributed by atoms with Crippen LogP contribution in [-0.4, -0.2) is 48.3 Å². The van der Waals surface area contributed by atoms with Gasteiger partial charge in [-0.25, -0.2) is 16.8 Å². The van der Waals surface area contributed by atoms with Crippen LogP contribution < -0.4 is 9.62 Å². The molecular weight excluding hydrogens is 410 g/mol. The number of anilines is 2. The van der Waals surface area contributed by atoms with Crippen LogP contribution in [-0.2, 0) is 20.0 Å². The van der Waals surface area contributed by atoms with E-state index < -0.39 is 20.0 Å². The minimum Gasteiger partial charge on any atom is -0.376 e. The van der Waals surface area contributed by atoms with Gasteiger partial charge >= 0.3 is 0 Å². The molecular formula is C20H27N3O4S2. The van der Waals surface area contributed by atoms with Crippen LogP contribution in [0.2, 0.25) is 0 Å². The molecule has 0 radical (unpaired) electrons. The summed E-state index contributed by atoms with van der Waals surface area (Å²) in [7, 11) is -4.05. The Kier molecular flexibility index (Phi) is 7.45. The predicted molar refractivity (Wildman–Crippen MR) is 119 cm³/mol. The fourth-order valence-corrected chi connectivity index (χ4v) is 5.14. The maximum Gasteiger partial charge on any atom is 0.255 e. The smallest absolute Gasteiger partial charge is 0.255 e. The van der Waals surface area contributed by atoms with E-state index in [1.807, 2.05) is 18.2 Å². The maximum absolute atomic E-state index is 12.8. The Morgan fingerprint density at radius 1 is 0.931 bits per heavy atom. The molecule has 0 saturated carbocycles. The minimum absolute atomic E-state index is 0.0385. The largest absolute Gasteiger partial charge is 0.376 e. The van der Waals surface area contributed by atoms with E-state index in [0.29, 0.717) is 18.8 Å². The van der Waals surface area contributed by atoms with Crippen molar-refractivity contribution in [3.8, 4) is 0 Å². The molecule has 2 rings (SSSR count). The van der Waals surface area contributed by atoms with Crippen molar-refractivity contribution in [2.75, 3.05) is 36.8 Å². The molecule has 0 aliphatic carbocycles. The summed E-state index contributed by atoms with van der Waals surface area (Å²) in [4.78, 5) is 1.75. The van der Waals surface area contributed by atoms with E-state index in [4.69, 9.17) is 0 Å². The number of nitrogens with zero attached hydrogens (tertiary/aromatic N) is 2. The lowest BCUT2D eigenvalue weighted by molar-refractivity contribution is 0.445.